The number of aromatic nitrogens is 3. The number of anilines is 1. The predicted molar refractivity (Wildman–Crippen MR) is 129 cm³/mol. The van der Waals surface area contributed by atoms with E-state index < -0.39 is 17.1 Å². The second-order valence-corrected chi connectivity index (χ2v) is 8.51. The van der Waals surface area contributed by atoms with E-state index in [1.54, 1.807) is 30.3 Å². The first-order valence-electron chi connectivity index (χ1n) is 10.4. The third-order valence-electron chi connectivity index (χ3n) is 5.44. The monoisotopic (exact) mass is 512 g/mol. The minimum absolute atomic E-state index is 0.110. The smallest absolute Gasteiger partial charge is 0.349 e. The van der Waals surface area contributed by atoms with Crippen LogP contribution in [-0.4, -0.2) is 27.2 Å². The minimum Gasteiger partial charge on any atom is -0.454 e. The van der Waals surface area contributed by atoms with Crippen LogP contribution in [0.15, 0.2) is 70.4 Å². The molecule has 1 amide bonds. The largest absolute Gasteiger partial charge is 0.454 e. The summed E-state index contributed by atoms with van der Waals surface area (Å²) in [5.74, 6) is -0.0850. The number of amides is 1. The SMILES string of the molecule is O=C1c2ccc(Oc3c(Cl)cc(-n4ncc(=O)[nH]c4=O)cc3Cl)cc2CCN1c1cccc(F)c1. The van der Waals surface area contributed by atoms with E-state index in [2.05, 4.69) is 10.1 Å². The van der Waals surface area contributed by atoms with Crippen molar-refractivity contribution in [2.24, 2.45) is 0 Å². The highest BCUT2D eigenvalue weighted by atomic mass is 35.5. The fourth-order valence-electron chi connectivity index (χ4n) is 3.84. The van der Waals surface area contributed by atoms with Gasteiger partial charge in [-0.15, -0.1) is 0 Å². The van der Waals surface area contributed by atoms with E-state index in [-0.39, 0.29) is 27.4 Å². The molecule has 0 radical (unpaired) electrons. The van der Waals surface area contributed by atoms with Crippen LogP contribution in [0.4, 0.5) is 10.1 Å². The summed E-state index contributed by atoms with van der Waals surface area (Å²) in [5, 5.41) is 4.00. The van der Waals surface area contributed by atoms with Crippen LogP contribution in [0.3, 0.4) is 0 Å². The first kappa shape index (κ1) is 22.8. The lowest BCUT2D eigenvalue weighted by atomic mass is 9.98. The summed E-state index contributed by atoms with van der Waals surface area (Å²) in [6, 6.07) is 13.7. The topological polar surface area (TPSA) is 97.3 Å². The summed E-state index contributed by atoms with van der Waals surface area (Å²) in [5.41, 5.74) is 0.619. The van der Waals surface area contributed by atoms with E-state index in [1.807, 2.05) is 0 Å². The fourth-order valence-corrected chi connectivity index (χ4v) is 4.39. The second-order valence-electron chi connectivity index (χ2n) is 7.70. The Balaban J connectivity index is 1.42. The van der Waals surface area contributed by atoms with Crippen molar-refractivity contribution in [2.75, 3.05) is 11.4 Å². The molecular formula is C24H15Cl2FN4O4. The number of halogens is 3. The minimum atomic E-state index is -0.745. The lowest BCUT2D eigenvalue weighted by Gasteiger charge is -2.29. The number of nitrogens with zero attached hydrogens (tertiary/aromatic N) is 3. The zero-order valence-corrected chi connectivity index (χ0v) is 19.3. The summed E-state index contributed by atoms with van der Waals surface area (Å²) < 4.78 is 20.5. The molecule has 176 valence electrons. The maximum atomic E-state index is 13.6. The van der Waals surface area contributed by atoms with Crippen LogP contribution >= 0.6 is 23.2 Å². The van der Waals surface area contributed by atoms with Gasteiger partial charge in [0.1, 0.15) is 17.8 Å². The zero-order chi connectivity index (χ0) is 24.7. The number of H-pyrrole nitrogens is 1. The third-order valence-corrected chi connectivity index (χ3v) is 6.00. The zero-order valence-electron chi connectivity index (χ0n) is 17.8. The van der Waals surface area contributed by atoms with Gasteiger partial charge >= 0.3 is 5.69 Å². The van der Waals surface area contributed by atoms with Gasteiger partial charge in [-0.05, 0) is 60.5 Å². The molecule has 0 fully saturated rings. The standard InChI is InChI=1S/C24H15Cl2FN4O4/c25-19-10-16(31-24(34)29-21(32)12-28-31)11-20(26)22(19)35-17-4-5-18-13(8-17)6-7-30(23(18)33)15-3-1-2-14(27)9-15/h1-5,8-12H,6-7H2,(H,29,32,34). The molecule has 0 bridgehead atoms. The number of ether oxygens (including phenoxy) is 1. The molecular weight excluding hydrogens is 498 g/mol. The van der Waals surface area contributed by atoms with Gasteiger partial charge in [0, 0.05) is 17.8 Å². The van der Waals surface area contributed by atoms with Gasteiger partial charge < -0.3 is 9.64 Å². The van der Waals surface area contributed by atoms with Crippen molar-refractivity contribution in [1.29, 1.82) is 0 Å². The summed E-state index contributed by atoms with van der Waals surface area (Å²) >= 11 is 12.7. The predicted octanol–water partition coefficient (Wildman–Crippen LogP) is 4.36. The lowest BCUT2D eigenvalue weighted by molar-refractivity contribution is 0.0980. The van der Waals surface area contributed by atoms with Crippen molar-refractivity contribution in [3.63, 3.8) is 0 Å². The highest BCUT2D eigenvalue weighted by Gasteiger charge is 2.26. The number of fused-ring (bicyclic) bond motifs is 1. The maximum Gasteiger partial charge on any atom is 0.349 e. The Morgan fingerprint density at radius 2 is 1.74 bits per heavy atom. The Kier molecular flexibility index (Phi) is 5.88. The summed E-state index contributed by atoms with van der Waals surface area (Å²) in [7, 11) is 0. The number of nitrogens with one attached hydrogen (secondary N) is 1. The molecule has 35 heavy (non-hydrogen) atoms. The Morgan fingerprint density at radius 1 is 0.971 bits per heavy atom. The van der Waals surface area contributed by atoms with Crippen molar-refractivity contribution < 1.29 is 13.9 Å². The van der Waals surface area contributed by atoms with Crippen molar-refractivity contribution in [3.05, 3.63) is 109 Å². The molecule has 5 rings (SSSR count). The maximum absolute atomic E-state index is 13.6. The van der Waals surface area contributed by atoms with Gasteiger partial charge in [-0.2, -0.15) is 9.78 Å². The molecule has 3 aromatic carbocycles. The van der Waals surface area contributed by atoms with Gasteiger partial charge in [-0.25, -0.2) is 9.18 Å². The highest BCUT2D eigenvalue weighted by molar-refractivity contribution is 6.37. The molecule has 1 aliphatic rings. The molecule has 0 atom stereocenters. The molecule has 11 heteroatoms. The third kappa shape index (κ3) is 4.43. The van der Waals surface area contributed by atoms with Gasteiger partial charge in [-0.1, -0.05) is 29.3 Å². The number of carbonyl (C=O) groups excluding carboxylic acids is 1. The fraction of sp³-hybridized carbons (Fsp3) is 0.0833. The van der Waals surface area contributed by atoms with E-state index in [9.17, 15) is 18.8 Å². The first-order chi connectivity index (χ1) is 16.8. The lowest BCUT2D eigenvalue weighted by Crippen LogP contribution is -2.37. The molecule has 0 spiro atoms. The molecule has 0 unspecified atom stereocenters. The van der Waals surface area contributed by atoms with E-state index in [4.69, 9.17) is 27.9 Å². The summed E-state index contributed by atoms with van der Waals surface area (Å²) in [4.78, 5) is 39.9. The number of rotatable bonds is 4. The molecule has 2 heterocycles. The van der Waals surface area contributed by atoms with Gasteiger partial charge in [-0.3, -0.25) is 14.6 Å². The molecule has 1 N–H and O–H groups in total. The van der Waals surface area contributed by atoms with Crippen molar-refractivity contribution in [1.82, 2.24) is 14.8 Å². The molecule has 0 aliphatic carbocycles. The van der Waals surface area contributed by atoms with Crippen LogP contribution in [0, 0.1) is 5.82 Å². The number of benzene rings is 3. The summed E-state index contributed by atoms with van der Waals surface area (Å²) in [6.07, 6.45) is 1.49. The van der Waals surface area contributed by atoms with Crippen LogP contribution in [-0.2, 0) is 6.42 Å². The average Bonchev–Trinajstić information content (AvgIpc) is 2.81. The van der Waals surface area contributed by atoms with Gasteiger partial charge in [0.25, 0.3) is 11.5 Å². The van der Waals surface area contributed by atoms with Crippen LogP contribution in [0.5, 0.6) is 11.5 Å². The second kappa shape index (κ2) is 9.01. The van der Waals surface area contributed by atoms with E-state index >= 15 is 0 Å². The van der Waals surface area contributed by atoms with E-state index in [1.165, 1.54) is 29.2 Å². The molecule has 0 saturated carbocycles. The Bertz CT molecular complexity index is 1580. The van der Waals surface area contributed by atoms with Crippen LogP contribution in [0.25, 0.3) is 5.69 Å². The molecule has 8 nitrogen and oxygen atoms in total. The Labute approximate surface area is 207 Å². The van der Waals surface area contributed by atoms with Crippen LogP contribution < -0.4 is 20.9 Å². The van der Waals surface area contributed by atoms with Crippen LogP contribution in [0.1, 0.15) is 15.9 Å². The van der Waals surface area contributed by atoms with E-state index in [0.717, 1.165) is 16.4 Å². The number of hydrogen-bond acceptors (Lipinski definition) is 5. The van der Waals surface area contributed by atoms with Gasteiger partial charge in [0.05, 0.1) is 15.7 Å². The molecule has 0 saturated heterocycles. The Morgan fingerprint density at radius 3 is 2.46 bits per heavy atom. The Hall–Kier alpha value is -3.95. The number of carbonyl (C=O) groups is 1. The quantitative estimate of drug-likeness (QED) is 0.438. The van der Waals surface area contributed by atoms with Gasteiger partial charge in [0.15, 0.2) is 5.75 Å². The first-order valence-corrected chi connectivity index (χ1v) is 11.1. The van der Waals surface area contributed by atoms with Crippen molar-refractivity contribution in [2.45, 2.75) is 6.42 Å². The molecule has 1 aliphatic heterocycles. The van der Waals surface area contributed by atoms with Gasteiger partial charge in [0.2, 0.25) is 0 Å². The number of hydrogen-bond donors (Lipinski definition) is 1. The van der Waals surface area contributed by atoms with Crippen molar-refractivity contribution in [3.8, 4) is 17.2 Å². The summed E-state index contributed by atoms with van der Waals surface area (Å²) in [6.45, 7) is 0.385. The van der Waals surface area contributed by atoms with Crippen LogP contribution in [0.2, 0.25) is 10.0 Å². The average molecular weight is 513 g/mol. The normalized spacial score (nSPS) is 13.0. The number of aromatic amines is 1. The highest BCUT2D eigenvalue weighted by Crippen LogP contribution is 2.39. The van der Waals surface area contributed by atoms with Crippen molar-refractivity contribution >= 4 is 34.8 Å². The molecule has 4 aromatic rings. The van der Waals surface area contributed by atoms with E-state index in [0.29, 0.717) is 30.0 Å². The molecule has 1 aromatic heterocycles.